The molecule has 7 nitrogen and oxygen atoms in total. The lowest BCUT2D eigenvalue weighted by molar-refractivity contribution is -0.384. The number of pyridine rings is 1. The van der Waals surface area contributed by atoms with Crippen LogP contribution in [0.1, 0.15) is 6.42 Å². The first kappa shape index (κ1) is 12.9. The van der Waals surface area contributed by atoms with E-state index in [0.717, 1.165) is 11.0 Å². The van der Waals surface area contributed by atoms with Gasteiger partial charge in [0.05, 0.1) is 22.4 Å². The first-order valence-electron chi connectivity index (χ1n) is 4.72. The number of anilines is 1. The van der Waals surface area contributed by atoms with Crippen molar-refractivity contribution in [1.82, 2.24) is 4.98 Å². The third-order valence-corrected chi connectivity index (χ3v) is 3.45. The molecule has 0 aromatic carbocycles. The van der Waals surface area contributed by atoms with Crippen LogP contribution in [0.3, 0.4) is 0 Å². The quantitative estimate of drug-likeness (QED) is 0.355. The van der Waals surface area contributed by atoms with E-state index in [9.17, 15) is 19.7 Å². The predicted octanol–water partition coefficient (Wildman–Crippen LogP) is 1.71. The van der Waals surface area contributed by atoms with E-state index in [1.807, 2.05) is 0 Å². The Labute approximate surface area is 114 Å². The molecule has 1 aliphatic rings. The minimum absolute atomic E-state index is 0.0113. The number of aromatic nitrogens is 1. The predicted molar refractivity (Wildman–Crippen MR) is 65.6 cm³/mol. The van der Waals surface area contributed by atoms with Crippen molar-refractivity contribution in [3.63, 3.8) is 0 Å². The van der Waals surface area contributed by atoms with E-state index in [-0.39, 0.29) is 39.9 Å². The Kier molecular flexibility index (Phi) is 3.31. The second kappa shape index (κ2) is 4.62. The van der Waals surface area contributed by atoms with Crippen LogP contribution in [0.15, 0.2) is 10.5 Å². The average molecular weight is 335 g/mol. The largest absolute Gasteiger partial charge is 0.313 e. The van der Waals surface area contributed by atoms with Crippen molar-refractivity contribution in [2.75, 3.05) is 11.4 Å². The van der Waals surface area contributed by atoms with Crippen molar-refractivity contribution in [3.05, 3.63) is 25.8 Å². The molecule has 0 bridgehead atoms. The zero-order valence-electron chi connectivity index (χ0n) is 8.72. The number of carbonyl (C=O) groups excluding carboxylic acids is 2. The Bertz CT molecular complexity index is 577. The lowest BCUT2D eigenvalue weighted by atomic mass is 10.3. The van der Waals surface area contributed by atoms with Crippen molar-refractivity contribution in [2.24, 2.45) is 0 Å². The Morgan fingerprint density at radius 1 is 1.50 bits per heavy atom. The van der Waals surface area contributed by atoms with E-state index in [1.165, 1.54) is 0 Å². The second-order valence-corrected chi connectivity index (χ2v) is 4.77. The number of nitro groups is 1. The SMILES string of the molecule is O=C1CC(=O)N(c2nc(Cl)c(Br)cc2[N+](=O)[O-])C1. The van der Waals surface area contributed by atoms with Crippen LogP contribution < -0.4 is 4.90 Å². The molecule has 1 aromatic heterocycles. The number of hydrogen-bond donors (Lipinski definition) is 0. The summed E-state index contributed by atoms with van der Waals surface area (Å²) in [5, 5.41) is 10.9. The summed E-state index contributed by atoms with van der Waals surface area (Å²) >= 11 is 8.76. The summed E-state index contributed by atoms with van der Waals surface area (Å²) in [5.74, 6) is -1.03. The molecule has 0 radical (unpaired) electrons. The lowest BCUT2D eigenvalue weighted by Crippen LogP contribution is -2.26. The van der Waals surface area contributed by atoms with Gasteiger partial charge in [-0.05, 0) is 15.9 Å². The maximum Gasteiger partial charge on any atom is 0.313 e. The molecule has 1 fully saturated rings. The van der Waals surface area contributed by atoms with Gasteiger partial charge < -0.3 is 0 Å². The first-order valence-corrected chi connectivity index (χ1v) is 5.89. The van der Waals surface area contributed by atoms with Crippen LogP contribution in [0, 0.1) is 10.1 Å². The van der Waals surface area contributed by atoms with Crippen molar-refractivity contribution in [2.45, 2.75) is 6.42 Å². The van der Waals surface area contributed by atoms with E-state index in [0.29, 0.717) is 0 Å². The molecule has 0 atom stereocenters. The van der Waals surface area contributed by atoms with Gasteiger partial charge >= 0.3 is 5.69 Å². The van der Waals surface area contributed by atoms with Crippen LogP contribution >= 0.6 is 27.5 Å². The standard InChI is InChI=1S/C9H5BrClN3O4/c10-5-2-6(14(17)18)9(12-8(5)11)13-3-4(15)1-7(13)16/h2H,1,3H2. The Hall–Kier alpha value is -1.54. The molecule has 1 amide bonds. The smallest absolute Gasteiger partial charge is 0.297 e. The van der Waals surface area contributed by atoms with E-state index in [2.05, 4.69) is 20.9 Å². The molecule has 0 spiro atoms. The average Bonchev–Trinajstić information content (AvgIpc) is 2.61. The fourth-order valence-corrected chi connectivity index (χ4v) is 2.00. The lowest BCUT2D eigenvalue weighted by Gasteiger charge is -2.13. The fourth-order valence-electron chi connectivity index (χ4n) is 1.56. The number of ketones is 1. The molecule has 1 saturated heterocycles. The van der Waals surface area contributed by atoms with Crippen LogP contribution in [0.2, 0.25) is 5.15 Å². The molecule has 0 aliphatic carbocycles. The maximum atomic E-state index is 11.5. The van der Waals surface area contributed by atoms with Gasteiger partial charge in [0.1, 0.15) is 5.15 Å². The van der Waals surface area contributed by atoms with Crippen LogP contribution in [0.5, 0.6) is 0 Å². The molecular weight excluding hydrogens is 329 g/mol. The third-order valence-electron chi connectivity index (χ3n) is 2.33. The highest BCUT2D eigenvalue weighted by molar-refractivity contribution is 9.10. The summed E-state index contributed by atoms with van der Waals surface area (Å²) in [5.41, 5.74) is -0.380. The Morgan fingerprint density at radius 3 is 2.67 bits per heavy atom. The van der Waals surface area contributed by atoms with Crippen LogP contribution in [0.4, 0.5) is 11.5 Å². The van der Waals surface area contributed by atoms with Crippen LogP contribution in [-0.4, -0.2) is 28.1 Å². The Morgan fingerprint density at radius 2 is 2.17 bits per heavy atom. The monoisotopic (exact) mass is 333 g/mol. The molecule has 1 aliphatic heterocycles. The molecular formula is C9H5BrClN3O4. The first-order chi connectivity index (χ1) is 8.40. The van der Waals surface area contributed by atoms with Crippen LogP contribution in [-0.2, 0) is 9.59 Å². The summed E-state index contributed by atoms with van der Waals surface area (Å²) in [6, 6.07) is 1.15. The highest BCUT2D eigenvalue weighted by Gasteiger charge is 2.34. The summed E-state index contributed by atoms with van der Waals surface area (Å²) in [7, 11) is 0. The molecule has 94 valence electrons. The van der Waals surface area contributed by atoms with Crippen molar-refractivity contribution in [3.8, 4) is 0 Å². The number of nitrogens with zero attached hydrogens (tertiary/aromatic N) is 3. The topological polar surface area (TPSA) is 93.4 Å². The molecule has 0 unspecified atom stereocenters. The molecule has 1 aromatic rings. The maximum absolute atomic E-state index is 11.5. The van der Waals surface area contributed by atoms with Gasteiger partial charge in [0.25, 0.3) is 0 Å². The van der Waals surface area contributed by atoms with Gasteiger partial charge in [-0.1, -0.05) is 11.6 Å². The highest BCUT2D eigenvalue weighted by atomic mass is 79.9. The number of carbonyl (C=O) groups is 2. The van der Waals surface area contributed by atoms with Crippen molar-refractivity contribution in [1.29, 1.82) is 0 Å². The minimum Gasteiger partial charge on any atom is -0.297 e. The van der Waals surface area contributed by atoms with Gasteiger partial charge in [-0.3, -0.25) is 24.6 Å². The van der Waals surface area contributed by atoms with E-state index < -0.39 is 10.8 Å². The molecule has 18 heavy (non-hydrogen) atoms. The number of Topliss-reactive ketones (excluding diaryl/α,β-unsaturated/α-hetero) is 1. The van der Waals surface area contributed by atoms with Gasteiger partial charge in [0, 0.05) is 6.07 Å². The summed E-state index contributed by atoms with van der Waals surface area (Å²) in [6.45, 7) is -0.218. The number of rotatable bonds is 2. The Balaban J connectivity index is 2.56. The van der Waals surface area contributed by atoms with Gasteiger partial charge in [-0.25, -0.2) is 4.98 Å². The summed E-state index contributed by atoms with van der Waals surface area (Å²) in [6.07, 6.45) is -0.271. The van der Waals surface area contributed by atoms with Gasteiger partial charge in [-0.15, -0.1) is 0 Å². The second-order valence-electron chi connectivity index (χ2n) is 3.56. The van der Waals surface area contributed by atoms with Crippen molar-refractivity contribution < 1.29 is 14.5 Å². The normalized spacial score (nSPS) is 15.3. The summed E-state index contributed by atoms with van der Waals surface area (Å²) in [4.78, 5) is 37.7. The number of hydrogen-bond acceptors (Lipinski definition) is 5. The highest BCUT2D eigenvalue weighted by Crippen LogP contribution is 2.34. The molecule has 2 heterocycles. The number of halogens is 2. The molecule has 9 heteroatoms. The molecule has 2 rings (SSSR count). The van der Waals surface area contributed by atoms with Crippen molar-refractivity contribution >= 4 is 50.7 Å². The van der Waals surface area contributed by atoms with Gasteiger partial charge in [-0.2, -0.15) is 0 Å². The fraction of sp³-hybridized carbons (Fsp3) is 0.222. The van der Waals surface area contributed by atoms with E-state index in [4.69, 9.17) is 11.6 Å². The zero-order chi connectivity index (χ0) is 13.4. The zero-order valence-corrected chi connectivity index (χ0v) is 11.1. The number of amides is 1. The van der Waals surface area contributed by atoms with Gasteiger partial charge in [0.15, 0.2) is 5.78 Å². The molecule has 0 N–H and O–H groups in total. The minimum atomic E-state index is -0.681. The molecule has 0 saturated carbocycles. The summed E-state index contributed by atoms with van der Waals surface area (Å²) < 4.78 is 0.248. The van der Waals surface area contributed by atoms with E-state index >= 15 is 0 Å². The third kappa shape index (κ3) is 2.21. The van der Waals surface area contributed by atoms with Crippen LogP contribution in [0.25, 0.3) is 0 Å². The van der Waals surface area contributed by atoms with Gasteiger partial charge in [0.2, 0.25) is 11.7 Å². The van der Waals surface area contributed by atoms with E-state index in [1.54, 1.807) is 0 Å².